The van der Waals surface area contributed by atoms with E-state index in [1.54, 1.807) is 0 Å². The van der Waals surface area contributed by atoms with Crippen molar-refractivity contribution in [2.24, 2.45) is 10.7 Å². The van der Waals surface area contributed by atoms with Crippen LogP contribution in [0.2, 0.25) is 5.02 Å². The van der Waals surface area contributed by atoms with E-state index in [2.05, 4.69) is 24.2 Å². The smallest absolute Gasteiger partial charge is 0.188 e. The number of nitrogens with one attached hydrogen (secondary N) is 1. The maximum Gasteiger partial charge on any atom is 0.188 e. The molecule has 0 saturated carbocycles. The highest BCUT2D eigenvalue weighted by Gasteiger charge is 2.05. The summed E-state index contributed by atoms with van der Waals surface area (Å²) in [6.45, 7) is 7.38. The standard InChI is InChI=1S/C15H24ClN3O/c1-4-11(3)19-15(17)18-9-8-12-10-13(16)6-7-14(12)20-5-2/h6-7,10-11H,4-5,8-9H2,1-3H3,(H3,17,18,19). The van der Waals surface area contributed by atoms with Crippen LogP contribution in [0.5, 0.6) is 5.75 Å². The van der Waals surface area contributed by atoms with E-state index in [0.717, 1.165) is 24.2 Å². The number of aliphatic imine (C=N–C) groups is 1. The van der Waals surface area contributed by atoms with Gasteiger partial charge in [-0.15, -0.1) is 0 Å². The van der Waals surface area contributed by atoms with E-state index in [9.17, 15) is 0 Å². The fourth-order valence-electron chi connectivity index (χ4n) is 1.74. The molecule has 0 aromatic heterocycles. The van der Waals surface area contributed by atoms with Crippen molar-refractivity contribution in [2.75, 3.05) is 13.2 Å². The van der Waals surface area contributed by atoms with Crippen LogP contribution in [0.4, 0.5) is 0 Å². The fourth-order valence-corrected chi connectivity index (χ4v) is 1.93. The minimum atomic E-state index is 0.337. The van der Waals surface area contributed by atoms with Crippen LogP contribution < -0.4 is 15.8 Å². The zero-order valence-corrected chi connectivity index (χ0v) is 13.2. The molecule has 0 spiro atoms. The Hall–Kier alpha value is -1.42. The number of ether oxygens (including phenoxy) is 1. The van der Waals surface area contributed by atoms with E-state index >= 15 is 0 Å². The second kappa shape index (κ2) is 8.69. The summed E-state index contributed by atoms with van der Waals surface area (Å²) in [6.07, 6.45) is 1.76. The molecule has 0 aliphatic rings. The Balaban J connectivity index is 2.60. The minimum absolute atomic E-state index is 0.337. The Morgan fingerprint density at radius 2 is 2.20 bits per heavy atom. The van der Waals surface area contributed by atoms with Crippen molar-refractivity contribution in [3.63, 3.8) is 0 Å². The summed E-state index contributed by atoms with van der Waals surface area (Å²) in [5.41, 5.74) is 6.88. The second-order valence-electron chi connectivity index (χ2n) is 4.66. The van der Waals surface area contributed by atoms with Gasteiger partial charge in [-0.1, -0.05) is 18.5 Å². The van der Waals surface area contributed by atoms with Crippen LogP contribution in [-0.4, -0.2) is 25.2 Å². The van der Waals surface area contributed by atoms with Gasteiger partial charge in [-0.2, -0.15) is 0 Å². The number of nitrogens with zero attached hydrogens (tertiary/aromatic N) is 1. The summed E-state index contributed by atoms with van der Waals surface area (Å²) < 4.78 is 5.58. The summed E-state index contributed by atoms with van der Waals surface area (Å²) in [4.78, 5) is 4.32. The van der Waals surface area contributed by atoms with Crippen LogP contribution in [0, 0.1) is 0 Å². The van der Waals surface area contributed by atoms with Gasteiger partial charge in [0.25, 0.3) is 0 Å². The molecular weight excluding hydrogens is 274 g/mol. The zero-order valence-electron chi connectivity index (χ0n) is 12.4. The van der Waals surface area contributed by atoms with E-state index in [4.69, 9.17) is 22.1 Å². The van der Waals surface area contributed by atoms with Crippen LogP contribution in [0.25, 0.3) is 0 Å². The van der Waals surface area contributed by atoms with E-state index in [1.807, 2.05) is 25.1 Å². The van der Waals surface area contributed by atoms with Crippen LogP contribution in [0.1, 0.15) is 32.8 Å². The highest BCUT2D eigenvalue weighted by Crippen LogP contribution is 2.23. The molecule has 0 saturated heterocycles. The van der Waals surface area contributed by atoms with Crippen LogP contribution in [0.3, 0.4) is 0 Å². The van der Waals surface area contributed by atoms with Crippen molar-refractivity contribution in [3.05, 3.63) is 28.8 Å². The molecule has 0 aliphatic heterocycles. The molecule has 112 valence electrons. The predicted octanol–water partition coefficient (Wildman–Crippen LogP) is 2.98. The quantitative estimate of drug-likeness (QED) is 0.601. The van der Waals surface area contributed by atoms with Crippen molar-refractivity contribution in [2.45, 2.75) is 39.7 Å². The summed E-state index contributed by atoms with van der Waals surface area (Å²) in [5.74, 6) is 1.35. The Morgan fingerprint density at radius 3 is 2.85 bits per heavy atom. The molecule has 0 heterocycles. The number of hydrogen-bond acceptors (Lipinski definition) is 2. The molecule has 0 bridgehead atoms. The van der Waals surface area contributed by atoms with Crippen LogP contribution in [-0.2, 0) is 6.42 Å². The zero-order chi connectivity index (χ0) is 15.0. The Kier molecular flexibility index (Phi) is 7.23. The number of benzene rings is 1. The highest BCUT2D eigenvalue weighted by atomic mass is 35.5. The Bertz CT molecular complexity index is 449. The van der Waals surface area contributed by atoms with Gasteiger partial charge in [0, 0.05) is 17.6 Å². The number of hydrogen-bond donors (Lipinski definition) is 2. The number of halogens is 1. The van der Waals surface area contributed by atoms with Crippen molar-refractivity contribution >= 4 is 17.6 Å². The first-order valence-electron chi connectivity index (χ1n) is 7.04. The molecule has 1 aromatic carbocycles. The molecule has 1 atom stereocenters. The fraction of sp³-hybridized carbons (Fsp3) is 0.533. The van der Waals surface area contributed by atoms with Crippen LogP contribution in [0.15, 0.2) is 23.2 Å². The monoisotopic (exact) mass is 297 g/mol. The third kappa shape index (κ3) is 5.70. The molecule has 1 rings (SSSR count). The normalized spacial score (nSPS) is 13.1. The van der Waals surface area contributed by atoms with Crippen LogP contribution >= 0.6 is 11.6 Å². The van der Waals surface area contributed by atoms with Gasteiger partial charge in [0.1, 0.15) is 5.75 Å². The molecule has 1 unspecified atom stereocenters. The van der Waals surface area contributed by atoms with E-state index < -0.39 is 0 Å². The molecule has 1 aromatic rings. The largest absolute Gasteiger partial charge is 0.494 e. The summed E-state index contributed by atoms with van der Waals surface area (Å²) in [5, 5.41) is 3.84. The lowest BCUT2D eigenvalue weighted by molar-refractivity contribution is 0.336. The average molecular weight is 298 g/mol. The van der Waals surface area contributed by atoms with Gasteiger partial charge in [-0.25, -0.2) is 0 Å². The van der Waals surface area contributed by atoms with E-state index in [1.165, 1.54) is 0 Å². The van der Waals surface area contributed by atoms with Gasteiger partial charge in [0.2, 0.25) is 0 Å². The van der Waals surface area contributed by atoms with Crippen molar-refractivity contribution in [3.8, 4) is 5.75 Å². The number of rotatable bonds is 7. The molecule has 3 N–H and O–H groups in total. The van der Waals surface area contributed by atoms with Gasteiger partial charge in [-0.3, -0.25) is 4.99 Å². The lowest BCUT2D eigenvalue weighted by Crippen LogP contribution is -2.38. The van der Waals surface area contributed by atoms with Gasteiger partial charge in [-0.05, 0) is 50.5 Å². The van der Waals surface area contributed by atoms with Gasteiger partial charge < -0.3 is 15.8 Å². The maximum atomic E-state index is 6.02. The minimum Gasteiger partial charge on any atom is -0.494 e. The molecule has 0 fully saturated rings. The molecular formula is C15H24ClN3O. The third-order valence-corrected chi connectivity index (χ3v) is 3.23. The molecule has 0 aliphatic carbocycles. The van der Waals surface area contributed by atoms with Crippen molar-refractivity contribution < 1.29 is 4.74 Å². The number of guanidine groups is 1. The first-order valence-corrected chi connectivity index (χ1v) is 7.42. The average Bonchev–Trinajstić information content (AvgIpc) is 2.41. The van der Waals surface area contributed by atoms with Gasteiger partial charge >= 0.3 is 0 Å². The highest BCUT2D eigenvalue weighted by molar-refractivity contribution is 6.30. The SMILES string of the molecule is CCOc1ccc(Cl)cc1CCN=C(N)NC(C)CC. The Morgan fingerprint density at radius 1 is 1.45 bits per heavy atom. The van der Waals surface area contributed by atoms with Gasteiger partial charge in [0.15, 0.2) is 5.96 Å². The maximum absolute atomic E-state index is 6.02. The van der Waals surface area contributed by atoms with E-state index in [0.29, 0.717) is 30.2 Å². The molecule has 20 heavy (non-hydrogen) atoms. The van der Waals surface area contributed by atoms with Crippen molar-refractivity contribution in [1.29, 1.82) is 0 Å². The molecule has 5 heteroatoms. The number of nitrogens with two attached hydrogens (primary N) is 1. The van der Waals surface area contributed by atoms with E-state index in [-0.39, 0.29) is 0 Å². The second-order valence-corrected chi connectivity index (χ2v) is 5.09. The summed E-state index contributed by atoms with van der Waals surface area (Å²) in [7, 11) is 0. The molecule has 4 nitrogen and oxygen atoms in total. The molecule has 0 amide bonds. The third-order valence-electron chi connectivity index (χ3n) is 2.99. The lowest BCUT2D eigenvalue weighted by atomic mass is 10.1. The summed E-state index contributed by atoms with van der Waals surface area (Å²) >= 11 is 6.02. The predicted molar refractivity (Wildman–Crippen MR) is 85.7 cm³/mol. The Labute approximate surface area is 126 Å². The van der Waals surface area contributed by atoms with Crippen molar-refractivity contribution in [1.82, 2.24) is 5.32 Å². The lowest BCUT2D eigenvalue weighted by Gasteiger charge is -2.12. The first kappa shape index (κ1) is 16.6. The topological polar surface area (TPSA) is 59.6 Å². The molecule has 0 radical (unpaired) electrons. The summed E-state index contributed by atoms with van der Waals surface area (Å²) in [6, 6.07) is 5.98. The first-order chi connectivity index (χ1) is 9.56. The van der Waals surface area contributed by atoms with Gasteiger partial charge in [0.05, 0.1) is 6.61 Å².